The summed E-state index contributed by atoms with van der Waals surface area (Å²) in [4.78, 5) is 31.2. The Labute approximate surface area is 266 Å². The molecule has 1 saturated carbocycles. The number of likely N-dealkylation sites (N-methyl/N-ethyl adjacent to an activating group) is 1. The topological polar surface area (TPSA) is 101 Å². The number of carbonyl (C=O) groups is 1. The van der Waals surface area contributed by atoms with Crippen molar-refractivity contribution in [2.24, 2.45) is 0 Å². The number of anilines is 2. The summed E-state index contributed by atoms with van der Waals surface area (Å²) in [6.45, 7) is 11.4. The summed E-state index contributed by atoms with van der Waals surface area (Å²) >= 11 is 0. The molecule has 1 atom stereocenters. The Morgan fingerprint density at radius 3 is 2.71 bits per heavy atom. The molecule has 236 valence electrons. The minimum atomic E-state index is -0.237. The van der Waals surface area contributed by atoms with Gasteiger partial charge in [0, 0.05) is 55.9 Å². The molecule has 3 aliphatic rings. The van der Waals surface area contributed by atoms with Crippen molar-refractivity contribution in [2.75, 3.05) is 69.8 Å². The number of nitrogens with zero attached hydrogens (tertiary/aromatic N) is 7. The zero-order valence-corrected chi connectivity index (χ0v) is 26.8. The Kier molecular flexibility index (Phi) is 8.92. The van der Waals surface area contributed by atoms with Gasteiger partial charge >= 0.3 is 6.01 Å². The lowest BCUT2D eigenvalue weighted by molar-refractivity contribution is -0.128. The number of aryl methyl sites for hydroxylation is 1. The van der Waals surface area contributed by atoms with Crippen molar-refractivity contribution in [3.05, 3.63) is 65.9 Å². The molecule has 0 bridgehead atoms. The van der Waals surface area contributed by atoms with E-state index in [1.54, 1.807) is 4.90 Å². The van der Waals surface area contributed by atoms with Crippen LogP contribution in [0.25, 0.3) is 10.8 Å². The highest BCUT2D eigenvalue weighted by molar-refractivity contribution is 5.97. The highest BCUT2D eigenvalue weighted by Crippen LogP contribution is 2.38. The first-order valence-electron chi connectivity index (χ1n) is 16.0. The third-order valence-corrected chi connectivity index (χ3v) is 9.41. The van der Waals surface area contributed by atoms with E-state index in [0.29, 0.717) is 38.8 Å². The number of benzene rings is 2. The Hall–Kier alpha value is -4.20. The van der Waals surface area contributed by atoms with E-state index in [4.69, 9.17) is 14.7 Å². The van der Waals surface area contributed by atoms with E-state index in [1.807, 2.05) is 0 Å². The van der Waals surface area contributed by atoms with E-state index < -0.39 is 0 Å². The van der Waals surface area contributed by atoms with Crippen LogP contribution < -0.4 is 19.9 Å². The first-order valence-corrected chi connectivity index (χ1v) is 16.0. The van der Waals surface area contributed by atoms with Gasteiger partial charge in [-0.2, -0.15) is 15.2 Å². The maximum Gasteiger partial charge on any atom is 0.318 e. The largest absolute Gasteiger partial charge is 0.461 e. The van der Waals surface area contributed by atoms with E-state index in [1.165, 1.54) is 28.1 Å². The molecule has 10 nitrogen and oxygen atoms in total. The number of piperazine rings is 1. The maximum absolute atomic E-state index is 12.6. The minimum Gasteiger partial charge on any atom is -0.461 e. The van der Waals surface area contributed by atoms with Crippen molar-refractivity contribution in [2.45, 2.75) is 50.7 Å². The van der Waals surface area contributed by atoms with E-state index in [-0.39, 0.29) is 23.9 Å². The standard InChI is InChI=1S/C35H44N8O2/c1-5-31(44)43-21-20-42(22-27(43)12-16-36)33-28-13-18-41(30-11-7-10-26-9-6-8-25(2)32(26)30)23-29(28)38-34(39-33)45-24-35(14-15-35)37-17-19-40(3)4/h5-11,27,37H,1,12-15,17-24H2,2-4H3/t27-/m0/s1. The smallest absolute Gasteiger partial charge is 0.318 e. The van der Waals surface area contributed by atoms with E-state index in [0.717, 1.165) is 56.0 Å². The summed E-state index contributed by atoms with van der Waals surface area (Å²) in [5.74, 6) is 0.726. The lowest BCUT2D eigenvalue weighted by atomic mass is 9.99. The number of hydrogen-bond acceptors (Lipinski definition) is 9. The third kappa shape index (κ3) is 6.60. The SMILES string of the molecule is C=CC(=O)N1CCN(c2nc(OCC3(NCCN(C)C)CC3)nc3c2CCN(c2cccc4cccc(C)c24)C3)C[C@@H]1CC#N. The molecule has 0 radical (unpaired) electrons. The van der Waals surface area contributed by atoms with Gasteiger partial charge < -0.3 is 29.7 Å². The number of ether oxygens (including phenoxy) is 1. The van der Waals surface area contributed by atoms with Crippen molar-refractivity contribution in [3.8, 4) is 12.1 Å². The summed E-state index contributed by atoms with van der Waals surface area (Å²) in [5.41, 5.74) is 4.54. The molecule has 1 aromatic heterocycles. The van der Waals surface area contributed by atoms with Gasteiger partial charge in [0.05, 0.1) is 36.3 Å². The zero-order chi connectivity index (χ0) is 31.6. The van der Waals surface area contributed by atoms with Crippen molar-refractivity contribution < 1.29 is 9.53 Å². The van der Waals surface area contributed by atoms with Crippen LogP contribution in [0.4, 0.5) is 11.5 Å². The Balaban J connectivity index is 1.31. The fraction of sp³-hybridized carbons (Fsp3) is 0.486. The second kappa shape index (κ2) is 13.0. The van der Waals surface area contributed by atoms with Gasteiger partial charge in [0.25, 0.3) is 0 Å². The molecule has 1 N–H and O–H groups in total. The number of nitrogens with one attached hydrogen (secondary N) is 1. The van der Waals surface area contributed by atoms with Crippen molar-refractivity contribution >= 4 is 28.2 Å². The van der Waals surface area contributed by atoms with Crippen LogP contribution >= 0.6 is 0 Å². The lowest BCUT2D eigenvalue weighted by Crippen LogP contribution is -2.55. The Bertz CT molecular complexity index is 1610. The average molecular weight is 609 g/mol. The molecular weight excluding hydrogens is 564 g/mol. The molecule has 1 amide bonds. The molecule has 3 aromatic rings. The number of nitriles is 1. The van der Waals surface area contributed by atoms with E-state index >= 15 is 0 Å². The monoisotopic (exact) mass is 608 g/mol. The second-order valence-electron chi connectivity index (χ2n) is 12.9. The minimum absolute atomic E-state index is 0.0312. The number of amides is 1. The number of hydrogen-bond donors (Lipinski definition) is 1. The third-order valence-electron chi connectivity index (χ3n) is 9.41. The first-order chi connectivity index (χ1) is 21.8. The molecule has 3 heterocycles. The number of rotatable bonds is 11. The predicted octanol–water partition coefficient (Wildman–Crippen LogP) is 3.68. The van der Waals surface area contributed by atoms with Crippen LogP contribution in [0, 0.1) is 18.3 Å². The number of carbonyl (C=O) groups excluding carboxylic acids is 1. The van der Waals surface area contributed by atoms with Crippen LogP contribution in [0.3, 0.4) is 0 Å². The van der Waals surface area contributed by atoms with Crippen molar-refractivity contribution in [1.82, 2.24) is 25.1 Å². The van der Waals surface area contributed by atoms with Crippen LogP contribution in [0.1, 0.15) is 36.1 Å². The fourth-order valence-corrected chi connectivity index (χ4v) is 6.69. The summed E-state index contributed by atoms with van der Waals surface area (Å²) in [7, 11) is 4.16. The maximum atomic E-state index is 12.6. The lowest BCUT2D eigenvalue weighted by Gasteiger charge is -2.42. The molecule has 1 saturated heterocycles. The van der Waals surface area contributed by atoms with Crippen LogP contribution in [0.15, 0.2) is 49.1 Å². The zero-order valence-electron chi connectivity index (χ0n) is 26.8. The van der Waals surface area contributed by atoms with Crippen LogP contribution in [-0.2, 0) is 17.8 Å². The van der Waals surface area contributed by atoms with Gasteiger partial charge in [-0.15, -0.1) is 0 Å². The van der Waals surface area contributed by atoms with Gasteiger partial charge in [0.15, 0.2) is 0 Å². The number of aromatic nitrogens is 2. The molecule has 6 rings (SSSR count). The summed E-state index contributed by atoms with van der Waals surface area (Å²) in [6.07, 6.45) is 4.52. The summed E-state index contributed by atoms with van der Waals surface area (Å²) < 4.78 is 6.40. The van der Waals surface area contributed by atoms with E-state index in [2.05, 4.69) is 90.1 Å². The highest BCUT2D eigenvalue weighted by Gasteiger charge is 2.43. The molecule has 0 spiro atoms. The average Bonchev–Trinajstić information content (AvgIpc) is 3.82. The summed E-state index contributed by atoms with van der Waals surface area (Å²) in [6, 6.07) is 15.4. The van der Waals surface area contributed by atoms with Crippen LogP contribution in [0.2, 0.25) is 0 Å². The Morgan fingerprint density at radius 1 is 1.18 bits per heavy atom. The Morgan fingerprint density at radius 2 is 1.98 bits per heavy atom. The highest BCUT2D eigenvalue weighted by atomic mass is 16.5. The van der Waals surface area contributed by atoms with Gasteiger partial charge in [-0.05, 0) is 63.4 Å². The molecule has 45 heavy (non-hydrogen) atoms. The van der Waals surface area contributed by atoms with Crippen molar-refractivity contribution in [3.63, 3.8) is 0 Å². The molecular formula is C35H44N8O2. The van der Waals surface area contributed by atoms with E-state index in [9.17, 15) is 10.1 Å². The van der Waals surface area contributed by atoms with Gasteiger partial charge in [-0.25, -0.2) is 0 Å². The van der Waals surface area contributed by atoms with Gasteiger partial charge in [0.1, 0.15) is 12.4 Å². The molecule has 2 aromatic carbocycles. The summed E-state index contributed by atoms with van der Waals surface area (Å²) in [5, 5.41) is 15.8. The second-order valence-corrected chi connectivity index (χ2v) is 12.9. The molecule has 2 fully saturated rings. The fourth-order valence-electron chi connectivity index (χ4n) is 6.69. The molecule has 2 aliphatic heterocycles. The molecule has 0 unspecified atom stereocenters. The number of fused-ring (bicyclic) bond motifs is 2. The first kappa shape index (κ1) is 30.8. The van der Waals surface area contributed by atoms with Crippen molar-refractivity contribution in [1.29, 1.82) is 5.26 Å². The van der Waals surface area contributed by atoms with Crippen LogP contribution in [-0.4, -0.2) is 97.2 Å². The van der Waals surface area contributed by atoms with Gasteiger partial charge in [-0.3, -0.25) is 4.79 Å². The molecule has 1 aliphatic carbocycles. The predicted molar refractivity (Wildman–Crippen MR) is 178 cm³/mol. The normalized spacial score (nSPS) is 18.9. The quantitative estimate of drug-likeness (QED) is 0.327. The van der Waals surface area contributed by atoms with Gasteiger partial charge in [0.2, 0.25) is 5.91 Å². The van der Waals surface area contributed by atoms with Crippen LogP contribution in [0.5, 0.6) is 6.01 Å². The molecule has 10 heteroatoms. The van der Waals surface area contributed by atoms with Gasteiger partial charge in [-0.1, -0.05) is 36.9 Å².